The van der Waals surface area contributed by atoms with E-state index < -0.39 is 10.0 Å². The maximum absolute atomic E-state index is 12.4. The number of rotatable bonds is 6. The van der Waals surface area contributed by atoms with Gasteiger partial charge in [0.05, 0.1) is 11.4 Å². The number of sulfonamides is 1. The maximum Gasteiger partial charge on any atom is 0.244 e. The normalized spacial score (nSPS) is 12.0. The van der Waals surface area contributed by atoms with E-state index in [1.807, 2.05) is 38.4 Å². The van der Waals surface area contributed by atoms with Crippen LogP contribution in [0.2, 0.25) is 0 Å². The molecule has 1 aromatic carbocycles. The Morgan fingerprint density at radius 1 is 1.23 bits per heavy atom. The highest BCUT2D eigenvalue weighted by Crippen LogP contribution is 2.17. The molecule has 2 N–H and O–H groups in total. The molecule has 0 aliphatic heterocycles. The molecule has 2 rings (SSSR count). The Bertz CT molecular complexity index is 731. The average Bonchev–Trinajstić information content (AvgIpc) is 2.76. The van der Waals surface area contributed by atoms with E-state index in [9.17, 15) is 8.42 Å². The first-order valence-corrected chi connectivity index (χ1v) is 8.51. The third kappa shape index (κ3) is 3.94. The zero-order valence-electron chi connectivity index (χ0n) is 13.3. The molecular weight excluding hydrogens is 300 g/mol. The van der Waals surface area contributed by atoms with Crippen LogP contribution in [0.1, 0.15) is 22.5 Å². The van der Waals surface area contributed by atoms with Crippen LogP contribution in [0.3, 0.4) is 0 Å². The number of aromatic amines is 1. The summed E-state index contributed by atoms with van der Waals surface area (Å²) in [5, 5.41) is 6.63. The van der Waals surface area contributed by atoms with Crippen molar-refractivity contribution in [1.82, 2.24) is 19.8 Å². The molecule has 0 unspecified atom stereocenters. The topological polar surface area (TPSA) is 78.1 Å². The zero-order valence-corrected chi connectivity index (χ0v) is 14.2. The lowest BCUT2D eigenvalue weighted by Gasteiger charge is -2.11. The fraction of sp³-hybridized carbons (Fsp3) is 0.400. The van der Waals surface area contributed by atoms with E-state index in [2.05, 4.69) is 19.8 Å². The highest BCUT2D eigenvalue weighted by atomic mass is 32.2. The van der Waals surface area contributed by atoms with Crippen molar-refractivity contribution in [2.75, 3.05) is 14.1 Å². The van der Waals surface area contributed by atoms with Gasteiger partial charge >= 0.3 is 0 Å². The van der Waals surface area contributed by atoms with Crippen LogP contribution in [0, 0.1) is 13.8 Å². The molecule has 0 aliphatic carbocycles. The lowest BCUT2D eigenvalue weighted by atomic mass is 10.1. The van der Waals surface area contributed by atoms with Gasteiger partial charge < -0.3 is 4.90 Å². The van der Waals surface area contributed by atoms with E-state index in [1.54, 1.807) is 13.8 Å². The fourth-order valence-electron chi connectivity index (χ4n) is 2.39. The Hall–Kier alpha value is -1.70. The van der Waals surface area contributed by atoms with Crippen LogP contribution in [0.4, 0.5) is 0 Å². The van der Waals surface area contributed by atoms with Crippen molar-refractivity contribution in [3.05, 3.63) is 46.8 Å². The second-order valence-corrected chi connectivity index (χ2v) is 7.35. The molecule has 22 heavy (non-hydrogen) atoms. The van der Waals surface area contributed by atoms with Crippen LogP contribution < -0.4 is 4.72 Å². The molecule has 7 heteroatoms. The predicted molar refractivity (Wildman–Crippen MR) is 85.9 cm³/mol. The number of benzene rings is 1. The molecule has 0 bridgehead atoms. The molecule has 1 heterocycles. The van der Waals surface area contributed by atoms with Crippen LogP contribution >= 0.6 is 0 Å². The largest absolute Gasteiger partial charge is 0.305 e. The maximum atomic E-state index is 12.4. The Labute approximate surface area is 131 Å². The lowest BCUT2D eigenvalue weighted by Crippen LogP contribution is -2.24. The van der Waals surface area contributed by atoms with E-state index in [0.717, 1.165) is 17.7 Å². The average molecular weight is 322 g/mol. The highest BCUT2D eigenvalue weighted by molar-refractivity contribution is 7.89. The van der Waals surface area contributed by atoms with Gasteiger partial charge in [-0.2, -0.15) is 5.10 Å². The molecule has 0 spiro atoms. The first-order valence-electron chi connectivity index (χ1n) is 7.03. The Morgan fingerprint density at radius 3 is 2.50 bits per heavy atom. The van der Waals surface area contributed by atoms with Gasteiger partial charge in [-0.05, 0) is 39.1 Å². The van der Waals surface area contributed by atoms with E-state index in [0.29, 0.717) is 11.4 Å². The minimum absolute atomic E-state index is 0.233. The number of hydrogen-bond donors (Lipinski definition) is 2. The van der Waals surface area contributed by atoms with Crippen LogP contribution in [0.15, 0.2) is 29.2 Å². The summed E-state index contributed by atoms with van der Waals surface area (Å²) in [6, 6.07) is 7.90. The molecule has 1 aromatic heterocycles. The SMILES string of the molecule is Cc1n[nH]c(C)c1S(=O)(=O)NCc1cccc(CN(C)C)c1. The smallest absolute Gasteiger partial charge is 0.244 e. The monoisotopic (exact) mass is 322 g/mol. The number of aromatic nitrogens is 2. The summed E-state index contributed by atoms with van der Waals surface area (Å²) in [5.41, 5.74) is 3.11. The Kier molecular flexibility index (Phi) is 5.00. The van der Waals surface area contributed by atoms with Gasteiger partial charge in [0.1, 0.15) is 4.90 Å². The fourth-order valence-corrected chi connectivity index (χ4v) is 3.77. The quantitative estimate of drug-likeness (QED) is 0.846. The summed E-state index contributed by atoms with van der Waals surface area (Å²) >= 11 is 0. The summed E-state index contributed by atoms with van der Waals surface area (Å²) in [6.07, 6.45) is 0. The Balaban J connectivity index is 2.13. The van der Waals surface area contributed by atoms with Gasteiger partial charge in [-0.3, -0.25) is 5.10 Å². The Morgan fingerprint density at radius 2 is 1.91 bits per heavy atom. The first kappa shape index (κ1) is 16.7. The van der Waals surface area contributed by atoms with Crippen molar-refractivity contribution in [1.29, 1.82) is 0 Å². The molecular formula is C15H22N4O2S. The van der Waals surface area contributed by atoms with Gasteiger partial charge in [0.15, 0.2) is 0 Å². The van der Waals surface area contributed by atoms with Crippen molar-refractivity contribution in [3.8, 4) is 0 Å². The molecule has 0 amide bonds. The van der Waals surface area contributed by atoms with Crippen molar-refractivity contribution in [3.63, 3.8) is 0 Å². The molecule has 120 valence electrons. The summed E-state index contributed by atoms with van der Waals surface area (Å²) in [4.78, 5) is 2.30. The molecule has 0 saturated carbocycles. The van der Waals surface area contributed by atoms with Crippen LogP contribution in [-0.2, 0) is 23.1 Å². The second kappa shape index (κ2) is 6.60. The van der Waals surface area contributed by atoms with Crippen molar-refractivity contribution in [2.45, 2.75) is 31.8 Å². The highest BCUT2D eigenvalue weighted by Gasteiger charge is 2.21. The van der Waals surface area contributed by atoms with Gasteiger partial charge in [-0.25, -0.2) is 13.1 Å². The number of nitrogens with one attached hydrogen (secondary N) is 2. The third-order valence-corrected chi connectivity index (χ3v) is 4.95. The minimum atomic E-state index is -3.57. The zero-order chi connectivity index (χ0) is 16.3. The minimum Gasteiger partial charge on any atom is -0.305 e. The van der Waals surface area contributed by atoms with Gasteiger partial charge in [0.25, 0.3) is 0 Å². The van der Waals surface area contributed by atoms with E-state index in [-0.39, 0.29) is 11.4 Å². The van der Waals surface area contributed by atoms with Gasteiger partial charge in [0, 0.05) is 13.1 Å². The molecule has 0 fully saturated rings. The van der Waals surface area contributed by atoms with Crippen LogP contribution in [-0.4, -0.2) is 37.6 Å². The standard InChI is InChI=1S/C15H22N4O2S/c1-11-15(12(2)18-17-11)22(20,21)16-9-13-6-5-7-14(8-13)10-19(3)4/h5-8,16H,9-10H2,1-4H3,(H,17,18). The summed E-state index contributed by atoms with van der Waals surface area (Å²) < 4.78 is 27.4. The van der Waals surface area contributed by atoms with Gasteiger partial charge in [-0.15, -0.1) is 0 Å². The number of aryl methyl sites for hydroxylation is 2. The first-order chi connectivity index (χ1) is 10.3. The van der Waals surface area contributed by atoms with Crippen LogP contribution in [0.5, 0.6) is 0 Å². The molecule has 0 aliphatic rings. The van der Waals surface area contributed by atoms with E-state index >= 15 is 0 Å². The van der Waals surface area contributed by atoms with Gasteiger partial charge in [0.2, 0.25) is 10.0 Å². The summed E-state index contributed by atoms with van der Waals surface area (Å²) in [5.74, 6) is 0. The third-order valence-electron chi connectivity index (χ3n) is 3.29. The molecule has 0 radical (unpaired) electrons. The molecule has 0 atom stereocenters. The second-order valence-electron chi connectivity index (χ2n) is 5.65. The van der Waals surface area contributed by atoms with E-state index in [4.69, 9.17) is 0 Å². The van der Waals surface area contributed by atoms with E-state index in [1.165, 1.54) is 0 Å². The van der Waals surface area contributed by atoms with Crippen molar-refractivity contribution < 1.29 is 8.42 Å². The number of hydrogen-bond acceptors (Lipinski definition) is 4. The van der Waals surface area contributed by atoms with Crippen molar-refractivity contribution in [2.24, 2.45) is 0 Å². The molecule has 6 nitrogen and oxygen atoms in total. The van der Waals surface area contributed by atoms with Crippen LogP contribution in [0.25, 0.3) is 0 Å². The predicted octanol–water partition coefficient (Wildman–Crippen LogP) is 1.57. The summed E-state index contributed by atoms with van der Waals surface area (Å²) in [7, 11) is 0.433. The molecule has 2 aromatic rings. The lowest BCUT2D eigenvalue weighted by molar-refractivity contribution is 0.402. The van der Waals surface area contributed by atoms with Crippen molar-refractivity contribution >= 4 is 10.0 Å². The molecule has 0 saturated heterocycles. The summed E-state index contributed by atoms with van der Waals surface area (Å²) in [6.45, 7) is 4.45. The van der Waals surface area contributed by atoms with Gasteiger partial charge in [-0.1, -0.05) is 24.3 Å². The number of H-pyrrole nitrogens is 1. The number of nitrogens with zero attached hydrogens (tertiary/aromatic N) is 2.